The Morgan fingerprint density at radius 3 is 1.01 bits per heavy atom. The Hall–Kier alpha value is -9.46. The van der Waals surface area contributed by atoms with Crippen LogP contribution in [0.3, 0.4) is 0 Å². The minimum atomic E-state index is -5.42. The number of aromatic nitrogens is 6. The Labute approximate surface area is 469 Å². The molecular formula is C44H30N12O22S6. The summed E-state index contributed by atoms with van der Waals surface area (Å²) in [5.74, 6) is -4.84. The number of rotatable bonds is 16. The molecule has 40 heteroatoms. The molecule has 12 N–H and O–H groups in total. The smallest absolute Gasteiger partial charge is 0.319 e. The topological polar surface area (TPSA) is 558 Å². The predicted octanol–water partition coefficient (Wildman–Crippen LogP) is 6.32. The normalized spacial score (nSPS) is 12.8. The molecule has 0 aliphatic heterocycles. The molecule has 2 heterocycles. The summed E-state index contributed by atoms with van der Waals surface area (Å²) < 4.78 is 209. The molecule has 0 saturated carbocycles. The van der Waals surface area contributed by atoms with E-state index in [1.54, 1.807) is 0 Å². The highest BCUT2D eigenvalue weighted by Gasteiger charge is 2.30. The Bertz CT molecular complexity index is 4760. The molecule has 0 atom stereocenters. The summed E-state index contributed by atoms with van der Waals surface area (Å²) in [5, 5.41) is 62.5. The number of phenolic OH excluding ortho intramolecular Hbond substituents is 2. The molecule has 9 aromatic rings. The lowest BCUT2D eigenvalue weighted by atomic mass is 10.0. The summed E-state index contributed by atoms with van der Waals surface area (Å²) in [6, 6.07) is 15.7. The van der Waals surface area contributed by atoms with Crippen LogP contribution in [0, 0.1) is 0 Å². The maximum atomic E-state index is 12.7. The van der Waals surface area contributed by atoms with Crippen molar-refractivity contribution in [1.82, 2.24) is 29.9 Å². The molecule has 0 saturated heterocycles. The number of nitrogens with one attached hydrogen (secondary N) is 2. The first kappa shape index (κ1) is 59.2. The molecule has 84 heavy (non-hydrogen) atoms. The van der Waals surface area contributed by atoms with Gasteiger partial charge in [0.1, 0.15) is 42.3 Å². The molecule has 2 aromatic heterocycles. The number of hydrogen-bond donors (Lipinski definition) is 12. The molecule has 434 valence electrons. The zero-order valence-corrected chi connectivity index (χ0v) is 45.6. The third-order valence-electron chi connectivity index (χ3n) is 11.3. The van der Waals surface area contributed by atoms with Gasteiger partial charge in [-0.05, 0) is 95.7 Å². The number of hydrogen-bond acceptors (Lipinski definition) is 28. The Morgan fingerprint density at radius 1 is 0.357 bits per heavy atom. The van der Waals surface area contributed by atoms with Crippen molar-refractivity contribution < 1.29 is 98.2 Å². The Kier molecular flexibility index (Phi) is 15.1. The molecule has 9 rings (SSSR count). The molecule has 0 aliphatic rings. The van der Waals surface area contributed by atoms with Gasteiger partial charge in [0.2, 0.25) is 11.9 Å². The summed E-state index contributed by atoms with van der Waals surface area (Å²) in [4.78, 5) is 17.4. The number of anilines is 4. The molecule has 0 aliphatic carbocycles. The van der Waals surface area contributed by atoms with E-state index in [1.165, 1.54) is 48.5 Å². The lowest BCUT2D eigenvalue weighted by Crippen LogP contribution is -2.05. The number of aromatic hydroxyl groups is 4. The van der Waals surface area contributed by atoms with Gasteiger partial charge in [-0.3, -0.25) is 27.3 Å². The molecule has 0 fully saturated rings. The van der Waals surface area contributed by atoms with Crippen molar-refractivity contribution in [2.75, 3.05) is 10.6 Å². The number of benzene rings is 7. The summed E-state index contributed by atoms with van der Waals surface area (Å²) >= 11 is 0. The zero-order chi connectivity index (χ0) is 61.2. The second-order valence-corrected chi connectivity index (χ2v) is 25.3. The molecule has 0 amide bonds. The van der Waals surface area contributed by atoms with Crippen molar-refractivity contribution in [3.05, 3.63) is 109 Å². The first-order chi connectivity index (χ1) is 39.0. The van der Waals surface area contributed by atoms with Crippen molar-refractivity contribution in [1.29, 1.82) is 0 Å². The summed E-state index contributed by atoms with van der Waals surface area (Å²) in [5.41, 5.74) is -4.34. The molecule has 0 bridgehead atoms. The Balaban J connectivity index is 1.08. The summed E-state index contributed by atoms with van der Waals surface area (Å²) in [7, 11) is -31.2. The van der Waals surface area contributed by atoms with Crippen LogP contribution in [0.1, 0.15) is 0 Å². The average Bonchev–Trinajstić information content (AvgIpc) is 3.55. The molecule has 0 radical (unpaired) electrons. The fourth-order valence-corrected chi connectivity index (χ4v) is 11.5. The predicted molar refractivity (Wildman–Crippen MR) is 285 cm³/mol. The van der Waals surface area contributed by atoms with Gasteiger partial charge in [-0.2, -0.15) is 80.4 Å². The van der Waals surface area contributed by atoms with E-state index in [1.807, 2.05) is 0 Å². The van der Waals surface area contributed by atoms with E-state index in [0.29, 0.717) is 36.4 Å². The van der Waals surface area contributed by atoms with E-state index < -0.39 is 193 Å². The largest absolute Gasteiger partial charge is 0.505 e. The molecule has 0 unspecified atom stereocenters. The Morgan fingerprint density at radius 2 is 0.690 bits per heavy atom. The van der Waals surface area contributed by atoms with E-state index in [4.69, 9.17) is 0 Å². The van der Waals surface area contributed by atoms with Crippen LogP contribution in [0.5, 0.6) is 23.5 Å². The van der Waals surface area contributed by atoms with E-state index in [0.717, 1.165) is 24.3 Å². The van der Waals surface area contributed by atoms with Gasteiger partial charge in [-0.1, -0.05) is 24.3 Å². The first-order valence-corrected chi connectivity index (χ1v) is 30.8. The van der Waals surface area contributed by atoms with Gasteiger partial charge in [-0.25, -0.2) is 0 Å². The monoisotopic (exact) mass is 1270 g/mol. The van der Waals surface area contributed by atoms with E-state index >= 15 is 0 Å². The van der Waals surface area contributed by atoms with Crippen LogP contribution in [0.15, 0.2) is 159 Å². The second-order valence-electron chi connectivity index (χ2n) is 16.9. The highest BCUT2D eigenvalue weighted by molar-refractivity contribution is 7.87. The molecule has 0 spiro atoms. The maximum absolute atomic E-state index is 12.7. The van der Waals surface area contributed by atoms with Crippen LogP contribution in [-0.2, 0) is 60.7 Å². The highest BCUT2D eigenvalue weighted by atomic mass is 32.2. The maximum Gasteiger partial charge on any atom is 0.319 e. The fourth-order valence-electron chi connectivity index (χ4n) is 7.86. The SMILES string of the molecule is O=S(=O)(O)c1cc(-c2nc(O)nc(Nc3ccc(Nc4nc(O)nc(-c5cc(S(=O)(=O)O)cc6cc(S(=O)(=O)O)c(N=Nc7ccccc7S(=O)(=O)O)c(O)c56)n4)cc3)n2)c2c(O)c(N=Nc3ccccc3S(=O)(=O)O)c(S(=O)(=O)O)cc2c1. The number of phenols is 2. The second kappa shape index (κ2) is 21.4. The molecule has 7 aromatic carbocycles. The van der Waals surface area contributed by atoms with Crippen LogP contribution in [0.2, 0.25) is 0 Å². The van der Waals surface area contributed by atoms with Gasteiger partial charge in [0.15, 0.2) is 23.1 Å². The minimum absolute atomic E-state index is 0.0870. The van der Waals surface area contributed by atoms with Gasteiger partial charge in [0.25, 0.3) is 60.7 Å². The van der Waals surface area contributed by atoms with Crippen molar-refractivity contribution in [3.8, 4) is 46.3 Å². The van der Waals surface area contributed by atoms with Gasteiger partial charge in [-0.15, -0.1) is 20.5 Å². The van der Waals surface area contributed by atoms with Crippen molar-refractivity contribution >= 4 is 128 Å². The third-order valence-corrected chi connectivity index (χ3v) is 16.5. The van der Waals surface area contributed by atoms with Gasteiger partial charge in [0, 0.05) is 33.3 Å². The summed E-state index contributed by atoms with van der Waals surface area (Å²) in [6.07, 6.45) is 0. The first-order valence-electron chi connectivity index (χ1n) is 22.1. The lowest BCUT2D eigenvalue weighted by molar-refractivity contribution is 0.429. The van der Waals surface area contributed by atoms with Gasteiger partial charge in [0.05, 0.1) is 9.79 Å². The lowest BCUT2D eigenvalue weighted by Gasteiger charge is -2.14. The van der Waals surface area contributed by atoms with Crippen molar-refractivity contribution in [3.63, 3.8) is 0 Å². The van der Waals surface area contributed by atoms with Crippen LogP contribution >= 0.6 is 0 Å². The van der Waals surface area contributed by atoms with Crippen LogP contribution < -0.4 is 10.6 Å². The van der Waals surface area contributed by atoms with Gasteiger partial charge < -0.3 is 31.1 Å². The molecule has 34 nitrogen and oxygen atoms in total. The van der Waals surface area contributed by atoms with Gasteiger partial charge >= 0.3 is 12.0 Å². The van der Waals surface area contributed by atoms with Crippen molar-refractivity contribution in [2.24, 2.45) is 20.5 Å². The minimum Gasteiger partial charge on any atom is -0.505 e. The number of nitrogens with zero attached hydrogens (tertiary/aromatic N) is 10. The van der Waals surface area contributed by atoms with E-state index in [2.05, 4.69) is 61.0 Å². The van der Waals surface area contributed by atoms with E-state index in [-0.39, 0.29) is 11.4 Å². The fraction of sp³-hybridized carbons (Fsp3) is 0. The van der Waals surface area contributed by atoms with Crippen LogP contribution in [0.25, 0.3) is 44.3 Å². The number of azo groups is 2. The van der Waals surface area contributed by atoms with E-state index in [9.17, 15) is 98.2 Å². The molecular weight excluding hydrogens is 1240 g/mol. The average molecular weight is 1270 g/mol. The highest BCUT2D eigenvalue weighted by Crippen LogP contribution is 2.48. The summed E-state index contributed by atoms with van der Waals surface area (Å²) in [6.45, 7) is 0. The van der Waals surface area contributed by atoms with Crippen LogP contribution in [0.4, 0.5) is 46.0 Å². The standard InChI is InChI=1S/C44H30N12O22S6/c57-37-33-19(15-31(83(73,74)75)35(37)55-53-27-5-1-3-7-29(27)81(67,68)69)13-23(79(61,62)63)17-25(33)39-47-41(51-43(59)49-39)45-21-9-11-22(12-10-21)46-42-48-40(50-44(60)52-42)26-18-24(80(64,65)66)14-20-16-32(84(76,77)78)36(38(58)34(20)26)56-54-28-6-2-4-8-30(28)82(70,71)72/h1-18,57-58H,(H,61,62,63)(H,64,65,66)(H,67,68,69)(H,70,71,72)(H,73,74,75)(H,76,77,78)(H2,45,47,49,51,59)(H2,46,48,50,52,60). The quantitative estimate of drug-likeness (QED) is 0.0372. The third kappa shape index (κ3) is 12.5. The van der Waals surface area contributed by atoms with Crippen LogP contribution in [-0.4, -0.2) is 128 Å². The number of fused-ring (bicyclic) bond motifs is 2. The zero-order valence-electron chi connectivity index (χ0n) is 40.7. The van der Waals surface area contributed by atoms with Crippen molar-refractivity contribution in [2.45, 2.75) is 29.4 Å².